The second kappa shape index (κ2) is 5.58. The third-order valence-electron chi connectivity index (χ3n) is 7.97. The molecule has 0 heterocycles. The average molecular weight is 370 g/mol. The molecule has 0 spiro atoms. The van der Waals surface area contributed by atoms with Crippen LogP contribution in [0.5, 0.6) is 0 Å². The van der Waals surface area contributed by atoms with Gasteiger partial charge in [-0.25, -0.2) is 0 Å². The van der Waals surface area contributed by atoms with Crippen LogP contribution in [0.4, 0.5) is 0 Å². The minimum atomic E-state index is -1.70. The van der Waals surface area contributed by atoms with Crippen molar-refractivity contribution in [1.82, 2.24) is 0 Å². The zero-order chi connectivity index (χ0) is 19.8. The van der Waals surface area contributed by atoms with Gasteiger partial charge >= 0.3 is 0 Å². The predicted molar refractivity (Wildman–Crippen MR) is 98.5 cm³/mol. The number of allylic oxidation sites excluding steroid dienone is 6. The van der Waals surface area contributed by atoms with Crippen LogP contribution in [0.2, 0.25) is 0 Å². The third-order valence-corrected chi connectivity index (χ3v) is 7.97. The molecular weight excluding hydrogens is 344 g/mol. The molecule has 0 aliphatic heterocycles. The van der Waals surface area contributed by atoms with Crippen LogP contribution < -0.4 is 0 Å². The van der Waals surface area contributed by atoms with E-state index in [4.69, 9.17) is 0 Å². The van der Waals surface area contributed by atoms with Crippen LogP contribution in [0.3, 0.4) is 0 Å². The summed E-state index contributed by atoms with van der Waals surface area (Å²) in [5.74, 6) is -1.46. The molecule has 0 unspecified atom stereocenters. The molecule has 4 rings (SSSR count). The van der Waals surface area contributed by atoms with Crippen LogP contribution in [0, 0.1) is 34.5 Å². The monoisotopic (exact) mass is 370 g/mol. The first kappa shape index (κ1) is 18.5. The summed E-state index contributed by atoms with van der Waals surface area (Å²) in [6.07, 6.45) is 9.61. The highest BCUT2D eigenvalue weighted by Gasteiger charge is 2.70. The Morgan fingerprint density at radius 3 is 2.63 bits per heavy atom. The molecule has 0 bridgehead atoms. The van der Waals surface area contributed by atoms with Gasteiger partial charge in [0.2, 0.25) is 0 Å². The molecule has 0 radical (unpaired) electrons. The van der Waals surface area contributed by atoms with Gasteiger partial charge in [0.25, 0.3) is 0 Å². The largest absolute Gasteiger partial charge is 0.388 e. The zero-order valence-corrected chi connectivity index (χ0v) is 15.9. The van der Waals surface area contributed by atoms with Gasteiger partial charge in [-0.05, 0) is 41.9 Å². The number of rotatable bonds is 2. The molecule has 4 aliphatic carbocycles. The first-order valence-corrected chi connectivity index (χ1v) is 9.62. The molecule has 0 aromatic carbocycles. The van der Waals surface area contributed by atoms with E-state index < -0.39 is 28.8 Å². The van der Waals surface area contributed by atoms with E-state index in [1.54, 1.807) is 6.08 Å². The number of fused-ring (bicyclic) bond motifs is 5. The van der Waals surface area contributed by atoms with Gasteiger partial charge in [-0.3, -0.25) is 14.4 Å². The Hall–Kier alpha value is -1.85. The van der Waals surface area contributed by atoms with E-state index in [9.17, 15) is 24.6 Å². The maximum absolute atomic E-state index is 13.4. The molecule has 4 aliphatic rings. The molecule has 144 valence electrons. The highest BCUT2D eigenvalue weighted by Crippen LogP contribution is 2.66. The number of aliphatic hydroxyl groups excluding tert-OH is 1. The van der Waals surface area contributed by atoms with Crippen LogP contribution in [0.25, 0.3) is 0 Å². The fourth-order valence-corrected chi connectivity index (χ4v) is 6.55. The molecule has 2 saturated carbocycles. The normalized spacial score (nSPS) is 48.0. The van der Waals surface area contributed by atoms with Gasteiger partial charge in [-0.15, -0.1) is 0 Å². The summed E-state index contributed by atoms with van der Waals surface area (Å²) in [4.78, 5) is 37.7. The molecule has 5 nitrogen and oxygen atoms in total. The van der Waals surface area contributed by atoms with Crippen molar-refractivity contribution in [2.75, 3.05) is 6.61 Å². The van der Waals surface area contributed by atoms with E-state index >= 15 is 0 Å². The van der Waals surface area contributed by atoms with Gasteiger partial charge in [0.15, 0.2) is 11.6 Å². The maximum atomic E-state index is 13.4. The van der Waals surface area contributed by atoms with Crippen LogP contribution in [0.1, 0.15) is 33.6 Å². The summed E-state index contributed by atoms with van der Waals surface area (Å²) >= 11 is 0. The number of aliphatic hydroxyl groups is 2. The standard InChI is InChI=1S/C22H26O5/c1-12-8-16-15-5-4-13-9-14(24)6-7-20(13,2)19(15)17(25)10-21(16,3)22(12,27)18(26)11-23/h4-7,9,12,15-16,19,23,27H,8,10-11H2,1-3H3/t12-,15+,16+,19-,20+,21+,22+/m1/s1. The number of hydrogen-bond donors (Lipinski definition) is 2. The fraction of sp³-hybridized carbons (Fsp3) is 0.591. The molecule has 2 N–H and O–H groups in total. The highest BCUT2D eigenvalue weighted by atomic mass is 16.3. The summed E-state index contributed by atoms with van der Waals surface area (Å²) in [5, 5.41) is 20.8. The molecule has 0 aromatic heterocycles. The van der Waals surface area contributed by atoms with Crippen LogP contribution >= 0.6 is 0 Å². The lowest BCUT2D eigenvalue weighted by Gasteiger charge is -2.55. The Labute approximate surface area is 158 Å². The highest BCUT2D eigenvalue weighted by molar-refractivity contribution is 6.02. The summed E-state index contributed by atoms with van der Waals surface area (Å²) in [6.45, 7) is 4.92. The van der Waals surface area contributed by atoms with Gasteiger partial charge in [0.05, 0.1) is 0 Å². The Bertz CT molecular complexity index is 836. The summed E-state index contributed by atoms with van der Waals surface area (Å²) in [5.41, 5.74) is -2.30. The lowest BCUT2D eigenvalue weighted by atomic mass is 9.48. The number of carbonyl (C=O) groups is 3. The van der Waals surface area contributed by atoms with Crippen molar-refractivity contribution in [3.63, 3.8) is 0 Å². The average Bonchev–Trinajstić information content (AvgIpc) is 2.82. The molecule has 0 saturated heterocycles. The van der Waals surface area contributed by atoms with E-state index in [2.05, 4.69) is 0 Å². The number of hydrogen-bond acceptors (Lipinski definition) is 5. The number of ketones is 3. The first-order valence-electron chi connectivity index (χ1n) is 9.62. The topological polar surface area (TPSA) is 91.7 Å². The van der Waals surface area contributed by atoms with Crippen LogP contribution in [-0.2, 0) is 14.4 Å². The van der Waals surface area contributed by atoms with Gasteiger partial charge < -0.3 is 10.2 Å². The van der Waals surface area contributed by atoms with Crippen molar-refractivity contribution in [3.8, 4) is 0 Å². The Kier molecular flexibility index (Phi) is 3.83. The van der Waals surface area contributed by atoms with Gasteiger partial charge in [-0.2, -0.15) is 0 Å². The second-order valence-electron chi connectivity index (χ2n) is 9.18. The van der Waals surface area contributed by atoms with Crippen LogP contribution in [0.15, 0.2) is 36.0 Å². The Balaban J connectivity index is 1.84. The molecule has 0 amide bonds. The maximum Gasteiger partial charge on any atom is 0.190 e. The van der Waals surface area contributed by atoms with Crippen molar-refractivity contribution < 1.29 is 24.6 Å². The van der Waals surface area contributed by atoms with E-state index in [-0.39, 0.29) is 41.7 Å². The van der Waals surface area contributed by atoms with E-state index in [1.165, 1.54) is 6.08 Å². The molecule has 7 atom stereocenters. The molecule has 27 heavy (non-hydrogen) atoms. The summed E-state index contributed by atoms with van der Waals surface area (Å²) < 4.78 is 0. The van der Waals surface area contributed by atoms with Crippen molar-refractivity contribution in [2.45, 2.75) is 39.2 Å². The Morgan fingerprint density at radius 2 is 1.96 bits per heavy atom. The van der Waals surface area contributed by atoms with Gasteiger partial charge in [0.1, 0.15) is 18.0 Å². The van der Waals surface area contributed by atoms with Crippen molar-refractivity contribution in [2.24, 2.45) is 34.5 Å². The number of carbonyl (C=O) groups excluding carboxylic acids is 3. The summed E-state index contributed by atoms with van der Waals surface area (Å²) in [7, 11) is 0. The third kappa shape index (κ3) is 2.10. The molecular formula is C22H26O5. The van der Waals surface area contributed by atoms with Gasteiger partial charge in [0, 0.05) is 23.2 Å². The second-order valence-corrected chi connectivity index (χ2v) is 9.18. The lowest BCUT2D eigenvalue weighted by Crippen LogP contribution is -2.61. The van der Waals surface area contributed by atoms with Gasteiger partial charge in [-0.1, -0.05) is 39.0 Å². The Morgan fingerprint density at radius 1 is 1.26 bits per heavy atom. The zero-order valence-electron chi connectivity index (χ0n) is 15.9. The van der Waals surface area contributed by atoms with E-state index in [0.717, 1.165) is 5.57 Å². The predicted octanol–water partition coefficient (Wildman–Crippen LogP) is 1.79. The minimum Gasteiger partial charge on any atom is -0.388 e. The molecule has 0 aromatic rings. The number of Topliss-reactive ketones (excluding diaryl/α,β-unsaturated/α-hetero) is 2. The lowest BCUT2D eigenvalue weighted by molar-refractivity contribution is -0.170. The SMILES string of the molecule is C[C@@H]1C[C@H]2[C@@H]3C=CC4=CC(=O)C=C[C@]4(C)[C@H]3C(=O)C[C@]2(C)[C@@]1(O)C(=O)CO. The van der Waals surface area contributed by atoms with Crippen LogP contribution in [-0.4, -0.2) is 39.8 Å². The smallest absolute Gasteiger partial charge is 0.190 e. The molecule has 5 heteroatoms. The minimum absolute atomic E-state index is 0.00811. The fourth-order valence-electron chi connectivity index (χ4n) is 6.55. The molecule has 2 fully saturated rings. The van der Waals surface area contributed by atoms with E-state index in [0.29, 0.717) is 6.42 Å². The van der Waals surface area contributed by atoms with Crippen molar-refractivity contribution in [1.29, 1.82) is 0 Å². The van der Waals surface area contributed by atoms with Crippen molar-refractivity contribution in [3.05, 3.63) is 36.0 Å². The van der Waals surface area contributed by atoms with E-state index in [1.807, 2.05) is 39.0 Å². The first-order chi connectivity index (χ1) is 12.6. The quantitative estimate of drug-likeness (QED) is 0.773. The van der Waals surface area contributed by atoms with Crippen molar-refractivity contribution >= 4 is 17.3 Å². The summed E-state index contributed by atoms with van der Waals surface area (Å²) in [6, 6.07) is 0.